The highest BCUT2D eigenvalue weighted by atomic mass is 16.6. The number of hydrogen-bond donors (Lipinski definition) is 1. The van der Waals surface area contributed by atoms with Crippen molar-refractivity contribution in [2.75, 3.05) is 27.4 Å². The lowest BCUT2D eigenvalue weighted by Crippen LogP contribution is -2.29. The van der Waals surface area contributed by atoms with E-state index in [1.54, 1.807) is 44.6 Å². The molecule has 1 amide bonds. The van der Waals surface area contributed by atoms with Gasteiger partial charge in [-0.3, -0.25) is 4.79 Å². The number of methoxy groups -OCH3 is 2. The van der Waals surface area contributed by atoms with E-state index in [2.05, 4.69) is 5.32 Å². The van der Waals surface area contributed by atoms with Crippen LogP contribution in [0.5, 0.6) is 17.2 Å². The fraction of sp³-hybridized carbons (Fsp3) is 0.263. The molecule has 2 rings (SSSR count). The summed E-state index contributed by atoms with van der Waals surface area (Å²) in [6.45, 7) is -0.380. The number of nitrogens with one attached hydrogen (secondary N) is 1. The average molecular weight is 359 g/mol. The Morgan fingerprint density at radius 2 is 1.58 bits per heavy atom. The van der Waals surface area contributed by atoms with E-state index < -0.39 is 11.9 Å². The molecule has 7 nitrogen and oxygen atoms in total. The zero-order valence-electron chi connectivity index (χ0n) is 14.7. The Morgan fingerprint density at radius 3 is 2.27 bits per heavy atom. The van der Waals surface area contributed by atoms with Crippen molar-refractivity contribution in [3.63, 3.8) is 0 Å². The number of ether oxygens (including phenoxy) is 4. The van der Waals surface area contributed by atoms with Crippen LogP contribution in [0.2, 0.25) is 0 Å². The van der Waals surface area contributed by atoms with Crippen molar-refractivity contribution in [3.05, 3.63) is 54.1 Å². The van der Waals surface area contributed by atoms with Crippen molar-refractivity contribution in [2.45, 2.75) is 6.54 Å². The number of para-hydroxylation sites is 1. The predicted octanol–water partition coefficient (Wildman–Crippen LogP) is 1.94. The van der Waals surface area contributed by atoms with Crippen LogP contribution in [0.15, 0.2) is 48.5 Å². The Kier molecular flexibility index (Phi) is 7.30. The molecule has 0 radical (unpaired) electrons. The molecule has 0 aliphatic heterocycles. The van der Waals surface area contributed by atoms with Gasteiger partial charge in [0.2, 0.25) is 0 Å². The minimum Gasteiger partial charge on any atom is -0.497 e. The molecule has 0 bridgehead atoms. The van der Waals surface area contributed by atoms with Crippen LogP contribution in [0, 0.1) is 0 Å². The van der Waals surface area contributed by atoms with Crippen LogP contribution >= 0.6 is 0 Å². The molecule has 2 aromatic carbocycles. The molecule has 0 aliphatic carbocycles. The standard InChI is InChI=1S/C19H21NO6/c1-23-15-7-9-16(10-8-15)25-13-19(22)26-12-18(21)20-11-14-5-3-4-6-17(14)24-2/h3-10H,11-13H2,1-2H3,(H,20,21). The summed E-state index contributed by atoms with van der Waals surface area (Å²) < 4.78 is 20.4. The summed E-state index contributed by atoms with van der Waals surface area (Å²) in [6, 6.07) is 14.1. The van der Waals surface area contributed by atoms with Crippen molar-refractivity contribution in [1.29, 1.82) is 0 Å². The molecule has 0 atom stereocenters. The monoisotopic (exact) mass is 359 g/mol. The molecule has 0 unspecified atom stereocenters. The Balaban J connectivity index is 1.68. The first-order valence-electron chi connectivity index (χ1n) is 7.93. The maximum Gasteiger partial charge on any atom is 0.344 e. The molecule has 7 heteroatoms. The minimum absolute atomic E-state index is 0.281. The lowest BCUT2D eigenvalue weighted by atomic mass is 10.2. The summed E-state index contributed by atoms with van der Waals surface area (Å²) in [6.07, 6.45) is 0. The molecular formula is C19H21NO6. The Hall–Kier alpha value is -3.22. The second kappa shape index (κ2) is 9.93. The first-order chi connectivity index (χ1) is 12.6. The van der Waals surface area contributed by atoms with Gasteiger partial charge in [0.25, 0.3) is 5.91 Å². The maximum atomic E-state index is 11.8. The zero-order chi connectivity index (χ0) is 18.8. The number of rotatable bonds is 9. The van der Waals surface area contributed by atoms with Crippen molar-refractivity contribution in [1.82, 2.24) is 5.32 Å². The largest absolute Gasteiger partial charge is 0.497 e. The van der Waals surface area contributed by atoms with Gasteiger partial charge in [0.15, 0.2) is 13.2 Å². The van der Waals surface area contributed by atoms with Crippen LogP contribution in [0.25, 0.3) is 0 Å². The molecule has 0 saturated heterocycles. The van der Waals surface area contributed by atoms with E-state index in [-0.39, 0.29) is 19.8 Å². The van der Waals surface area contributed by atoms with Crippen LogP contribution in [-0.4, -0.2) is 39.3 Å². The molecule has 0 aliphatic rings. The van der Waals surface area contributed by atoms with Gasteiger partial charge in [0.1, 0.15) is 17.2 Å². The average Bonchev–Trinajstić information content (AvgIpc) is 2.69. The first kappa shape index (κ1) is 19.1. The number of carbonyl (C=O) groups excluding carboxylic acids is 2. The number of esters is 1. The molecular weight excluding hydrogens is 338 g/mol. The molecule has 0 aromatic heterocycles. The van der Waals surface area contributed by atoms with Crippen molar-refractivity contribution in [2.24, 2.45) is 0 Å². The van der Waals surface area contributed by atoms with Gasteiger partial charge in [0.05, 0.1) is 14.2 Å². The normalized spacial score (nSPS) is 9.92. The SMILES string of the molecule is COc1ccc(OCC(=O)OCC(=O)NCc2ccccc2OC)cc1. The predicted molar refractivity (Wildman–Crippen MR) is 94.3 cm³/mol. The third-order valence-electron chi connectivity index (χ3n) is 3.45. The molecule has 0 spiro atoms. The third kappa shape index (κ3) is 6.01. The van der Waals surface area contributed by atoms with Gasteiger partial charge >= 0.3 is 5.97 Å². The number of amides is 1. The van der Waals surface area contributed by atoms with Gasteiger partial charge in [-0.1, -0.05) is 18.2 Å². The van der Waals surface area contributed by atoms with Crippen LogP contribution < -0.4 is 19.5 Å². The van der Waals surface area contributed by atoms with Crippen LogP contribution in [-0.2, 0) is 20.9 Å². The highest BCUT2D eigenvalue weighted by molar-refractivity contribution is 5.80. The summed E-state index contributed by atoms with van der Waals surface area (Å²) >= 11 is 0. The molecule has 0 heterocycles. The fourth-order valence-electron chi connectivity index (χ4n) is 2.10. The summed E-state index contributed by atoms with van der Waals surface area (Å²) in [5.74, 6) is 0.828. The van der Waals surface area contributed by atoms with E-state index >= 15 is 0 Å². The van der Waals surface area contributed by atoms with E-state index in [4.69, 9.17) is 18.9 Å². The highest BCUT2D eigenvalue weighted by Gasteiger charge is 2.09. The summed E-state index contributed by atoms with van der Waals surface area (Å²) in [7, 11) is 3.12. The fourth-order valence-corrected chi connectivity index (χ4v) is 2.10. The number of benzene rings is 2. The lowest BCUT2D eigenvalue weighted by Gasteiger charge is -2.10. The van der Waals surface area contributed by atoms with Gasteiger partial charge in [-0.25, -0.2) is 4.79 Å². The van der Waals surface area contributed by atoms with E-state index in [0.717, 1.165) is 5.56 Å². The second-order valence-electron chi connectivity index (χ2n) is 5.21. The van der Waals surface area contributed by atoms with Gasteiger partial charge in [0, 0.05) is 12.1 Å². The quantitative estimate of drug-likeness (QED) is 0.689. The Bertz CT molecular complexity index is 729. The van der Waals surface area contributed by atoms with Gasteiger partial charge < -0.3 is 24.3 Å². The Labute approximate surface area is 151 Å². The first-order valence-corrected chi connectivity index (χ1v) is 7.93. The summed E-state index contributed by atoms with van der Waals surface area (Å²) in [5.41, 5.74) is 0.831. The maximum absolute atomic E-state index is 11.8. The summed E-state index contributed by atoms with van der Waals surface area (Å²) in [5, 5.41) is 2.66. The second-order valence-corrected chi connectivity index (χ2v) is 5.21. The van der Waals surface area contributed by atoms with E-state index in [0.29, 0.717) is 17.2 Å². The number of hydrogen-bond acceptors (Lipinski definition) is 6. The molecule has 2 aromatic rings. The van der Waals surface area contributed by atoms with E-state index in [1.807, 2.05) is 18.2 Å². The van der Waals surface area contributed by atoms with Crippen molar-refractivity contribution >= 4 is 11.9 Å². The minimum atomic E-state index is -0.631. The summed E-state index contributed by atoms with van der Waals surface area (Å²) in [4.78, 5) is 23.4. The lowest BCUT2D eigenvalue weighted by molar-refractivity contribution is -0.150. The van der Waals surface area contributed by atoms with Gasteiger partial charge in [-0.2, -0.15) is 0 Å². The van der Waals surface area contributed by atoms with Crippen molar-refractivity contribution < 1.29 is 28.5 Å². The zero-order valence-corrected chi connectivity index (χ0v) is 14.7. The molecule has 26 heavy (non-hydrogen) atoms. The van der Waals surface area contributed by atoms with Gasteiger partial charge in [-0.05, 0) is 30.3 Å². The van der Waals surface area contributed by atoms with Gasteiger partial charge in [-0.15, -0.1) is 0 Å². The molecule has 138 valence electrons. The molecule has 0 fully saturated rings. The number of carbonyl (C=O) groups is 2. The molecule has 0 saturated carbocycles. The molecule has 1 N–H and O–H groups in total. The van der Waals surface area contributed by atoms with Crippen LogP contribution in [0.3, 0.4) is 0 Å². The smallest absolute Gasteiger partial charge is 0.344 e. The van der Waals surface area contributed by atoms with Crippen LogP contribution in [0.1, 0.15) is 5.56 Å². The van der Waals surface area contributed by atoms with E-state index in [1.165, 1.54) is 0 Å². The van der Waals surface area contributed by atoms with Crippen molar-refractivity contribution in [3.8, 4) is 17.2 Å². The Morgan fingerprint density at radius 1 is 0.885 bits per heavy atom. The van der Waals surface area contributed by atoms with Crippen LogP contribution in [0.4, 0.5) is 0 Å². The highest BCUT2D eigenvalue weighted by Crippen LogP contribution is 2.17. The van der Waals surface area contributed by atoms with E-state index in [9.17, 15) is 9.59 Å². The third-order valence-corrected chi connectivity index (χ3v) is 3.45. The topological polar surface area (TPSA) is 83.1 Å².